The molecule has 40 heavy (non-hydrogen) atoms. The number of amides is 1. The molecule has 1 amide bonds. The monoisotopic (exact) mass is 630 g/mol. The predicted molar refractivity (Wildman–Crippen MR) is 130 cm³/mol. The molecule has 0 aliphatic carbocycles. The number of hydrogen-bond acceptors (Lipinski definition) is 5. The van der Waals surface area contributed by atoms with Gasteiger partial charge in [0.15, 0.2) is 23.1 Å². The van der Waals surface area contributed by atoms with Gasteiger partial charge in [0.05, 0.1) is 5.56 Å². The molecule has 1 aromatic heterocycles. The third kappa shape index (κ3) is 7.61. The van der Waals surface area contributed by atoms with Crippen LogP contribution in [0.1, 0.15) is 21.5 Å². The maximum Gasteiger partial charge on any atom is 0.573 e. The van der Waals surface area contributed by atoms with E-state index in [9.17, 15) is 35.5 Å². The molecule has 0 unspecified atom stereocenters. The van der Waals surface area contributed by atoms with Crippen molar-refractivity contribution in [3.8, 4) is 23.0 Å². The van der Waals surface area contributed by atoms with E-state index in [0.29, 0.717) is 23.8 Å². The molecule has 0 bridgehead atoms. The van der Waals surface area contributed by atoms with Crippen LogP contribution in [-0.2, 0) is 6.18 Å². The fraction of sp³-hybridized carbons (Fsp3) is 0.182. The highest BCUT2D eigenvalue weighted by atomic mass is 79.9. The van der Waals surface area contributed by atoms with Gasteiger partial charge in [-0.1, -0.05) is 0 Å². The van der Waals surface area contributed by atoms with E-state index in [1.54, 1.807) is 0 Å². The minimum Gasteiger partial charge on any atom is -0.510 e. The van der Waals surface area contributed by atoms with E-state index in [0.717, 1.165) is 0 Å². The summed E-state index contributed by atoms with van der Waals surface area (Å²) >= 11 is 3.05. The average molecular weight is 631 g/mol. The fourth-order valence-electron chi connectivity index (χ4n) is 3.09. The summed E-state index contributed by atoms with van der Waals surface area (Å²) < 4.78 is 122. The summed E-state index contributed by atoms with van der Waals surface area (Å²) in [6.07, 6.45) is -9.34. The van der Waals surface area contributed by atoms with Crippen molar-refractivity contribution in [2.75, 3.05) is 5.32 Å². The molecule has 204 valence electrons. The first-order valence-electron chi connectivity index (χ1n) is 10.4. The number of benzene rings is 2. The number of anilines is 1. The SMILES string of the molecule is [B]C([B])([B])Oc1c(Oc2ccc(C(F)(F)F)c(F)c2C(=O)Nc2cc(Br)ncc2C)ccc(OC(F)(F)F)c1F. The largest absolute Gasteiger partial charge is 0.573 e. The Hall–Kier alpha value is -3.43. The molecule has 2 aromatic carbocycles. The number of carbonyl (C=O) groups excluding carboxylic acids is 1. The molecular formula is C22H10B3BrF8N2O4. The van der Waals surface area contributed by atoms with Crippen molar-refractivity contribution in [1.82, 2.24) is 4.98 Å². The highest BCUT2D eigenvalue weighted by Crippen LogP contribution is 2.43. The van der Waals surface area contributed by atoms with Crippen LogP contribution in [0.5, 0.6) is 23.0 Å². The van der Waals surface area contributed by atoms with Crippen LogP contribution >= 0.6 is 15.9 Å². The second kappa shape index (κ2) is 11.2. The summed E-state index contributed by atoms with van der Waals surface area (Å²) in [5.74, 6) is -10.1. The highest BCUT2D eigenvalue weighted by molar-refractivity contribution is 9.10. The Morgan fingerprint density at radius 2 is 1.52 bits per heavy atom. The van der Waals surface area contributed by atoms with E-state index in [4.69, 9.17) is 33.0 Å². The zero-order valence-electron chi connectivity index (χ0n) is 19.7. The van der Waals surface area contributed by atoms with E-state index < -0.39 is 69.5 Å². The lowest BCUT2D eigenvalue weighted by Gasteiger charge is -2.26. The molecule has 3 aromatic rings. The average Bonchev–Trinajstić information content (AvgIpc) is 2.78. The first kappa shape index (κ1) is 31.1. The molecule has 1 heterocycles. The van der Waals surface area contributed by atoms with Crippen molar-refractivity contribution >= 4 is 51.1 Å². The van der Waals surface area contributed by atoms with Crippen molar-refractivity contribution in [1.29, 1.82) is 0 Å². The van der Waals surface area contributed by atoms with Crippen LogP contribution in [0.4, 0.5) is 40.8 Å². The molecule has 0 aliphatic rings. The van der Waals surface area contributed by atoms with Crippen molar-refractivity contribution < 1.29 is 54.1 Å². The van der Waals surface area contributed by atoms with Gasteiger partial charge in [0.1, 0.15) is 39.5 Å². The summed E-state index contributed by atoms with van der Waals surface area (Å²) in [6, 6.07) is 2.98. The lowest BCUT2D eigenvalue weighted by Crippen LogP contribution is -2.38. The molecule has 18 heteroatoms. The van der Waals surface area contributed by atoms with Crippen molar-refractivity contribution in [2.45, 2.75) is 24.8 Å². The zero-order valence-corrected chi connectivity index (χ0v) is 21.3. The van der Waals surface area contributed by atoms with E-state index in [1.807, 2.05) is 0 Å². The van der Waals surface area contributed by atoms with Gasteiger partial charge in [-0.3, -0.25) is 4.79 Å². The molecule has 0 saturated heterocycles. The Bertz CT molecular complexity index is 1450. The van der Waals surface area contributed by atoms with Crippen LogP contribution in [0.15, 0.2) is 41.1 Å². The first-order valence-corrected chi connectivity index (χ1v) is 11.2. The molecular weight excluding hydrogens is 621 g/mol. The maximum atomic E-state index is 15.2. The van der Waals surface area contributed by atoms with E-state index in [2.05, 4.69) is 31.0 Å². The number of aromatic nitrogens is 1. The molecule has 0 atom stereocenters. The van der Waals surface area contributed by atoms with Crippen LogP contribution in [-0.4, -0.2) is 46.1 Å². The second-order valence-electron chi connectivity index (χ2n) is 7.88. The highest BCUT2D eigenvalue weighted by Gasteiger charge is 2.38. The Balaban J connectivity index is 2.17. The van der Waals surface area contributed by atoms with Crippen LogP contribution < -0.4 is 19.5 Å². The van der Waals surface area contributed by atoms with E-state index in [-0.39, 0.29) is 16.4 Å². The Kier molecular flexibility index (Phi) is 8.72. The normalized spacial score (nSPS) is 12.2. The Morgan fingerprint density at radius 1 is 0.925 bits per heavy atom. The molecule has 0 spiro atoms. The number of nitrogens with zero attached hydrogens (tertiary/aromatic N) is 1. The smallest absolute Gasteiger partial charge is 0.510 e. The number of halogens is 9. The number of pyridine rings is 1. The number of hydrogen-bond donors (Lipinski definition) is 1. The van der Waals surface area contributed by atoms with Crippen molar-refractivity contribution in [3.05, 3.63) is 69.5 Å². The first-order chi connectivity index (χ1) is 18.3. The van der Waals surface area contributed by atoms with Crippen LogP contribution in [0.3, 0.4) is 0 Å². The summed E-state index contributed by atoms with van der Waals surface area (Å²) in [5, 5.41) is -0.523. The van der Waals surface area contributed by atoms with Crippen molar-refractivity contribution in [3.63, 3.8) is 0 Å². The number of alkyl halides is 6. The third-order valence-electron chi connectivity index (χ3n) is 4.70. The van der Waals surface area contributed by atoms with Gasteiger partial charge in [0.25, 0.3) is 5.91 Å². The van der Waals surface area contributed by atoms with Gasteiger partial charge in [-0.15, -0.1) is 13.2 Å². The van der Waals surface area contributed by atoms with E-state index >= 15 is 4.39 Å². The number of rotatable bonds is 7. The standard InChI is InChI=1S/C22H10B3BrF8N2O4/c1-8-7-35-14(26)6-10(8)36-19(37)15-11(3-2-9(16(15)27)20(29,30)31)38-13-5-4-12(39-22(32,33)34)17(28)18(13)40-21(23,24)25/h2-7H,1H3,(H,35,36,37). The van der Waals surface area contributed by atoms with Gasteiger partial charge in [-0.25, -0.2) is 9.37 Å². The number of ether oxygens (including phenoxy) is 3. The van der Waals surface area contributed by atoms with Crippen molar-refractivity contribution in [2.24, 2.45) is 0 Å². The maximum absolute atomic E-state index is 15.2. The summed E-state index contributed by atoms with van der Waals surface area (Å²) in [5.41, 5.74) is -2.84. The molecule has 3 rings (SSSR count). The van der Waals surface area contributed by atoms with Gasteiger partial charge in [-0.2, -0.15) is 17.6 Å². The van der Waals surface area contributed by atoms with Crippen LogP contribution in [0.25, 0.3) is 0 Å². The van der Waals surface area contributed by atoms with Crippen LogP contribution in [0, 0.1) is 18.6 Å². The lowest BCUT2D eigenvalue weighted by atomic mass is 9.52. The molecule has 0 aliphatic heterocycles. The molecule has 1 N–H and O–H groups in total. The van der Waals surface area contributed by atoms with Crippen LogP contribution in [0.2, 0.25) is 0 Å². The molecule has 6 nitrogen and oxygen atoms in total. The number of aryl methyl sites for hydroxylation is 1. The quantitative estimate of drug-likeness (QED) is 0.201. The predicted octanol–water partition coefficient (Wildman–Crippen LogP) is 5.89. The Labute approximate surface area is 232 Å². The number of carbonyl (C=O) groups is 1. The Morgan fingerprint density at radius 3 is 2.10 bits per heavy atom. The van der Waals surface area contributed by atoms with Gasteiger partial charge in [-0.05, 0) is 64.0 Å². The number of nitrogens with one attached hydrogen (secondary N) is 1. The zero-order chi connectivity index (χ0) is 30.2. The summed E-state index contributed by atoms with van der Waals surface area (Å²) in [7, 11) is 15.7. The molecule has 6 radical (unpaired) electrons. The van der Waals surface area contributed by atoms with E-state index in [1.165, 1.54) is 19.2 Å². The van der Waals surface area contributed by atoms with Gasteiger partial charge in [0, 0.05) is 11.9 Å². The minimum absolute atomic E-state index is 0.0116. The molecule has 0 fully saturated rings. The molecule has 0 saturated carbocycles. The second-order valence-corrected chi connectivity index (χ2v) is 8.70. The summed E-state index contributed by atoms with van der Waals surface area (Å²) in [6.45, 7) is 1.48. The third-order valence-corrected chi connectivity index (χ3v) is 5.14. The van der Waals surface area contributed by atoms with Gasteiger partial charge >= 0.3 is 12.5 Å². The van der Waals surface area contributed by atoms with Gasteiger partial charge in [0.2, 0.25) is 5.82 Å². The van der Waals surface area contributed by atoms with Gasteiger partial charge < -0.3 is 19.5 Å². The minimum atomic E-state index is -5.37. The topological polar surface area (TPSA) is 69.7 Å². The lowest BCUT2D eigenvalue weighted by molar-refractivity contribution is -0.275. The fourth-order valence-corrected chi connectivity index (χ4v) is 3.42. The summed E-state index contributed by atoms with van der Waals surface area (Å²) in [4.78, 5) is 16.9.